The fraction of sp³-hybridized carbons (Fsp3) is 0.750. The molecule has 0 N–H and O–H groups in total. The number of hydrogen-bond donors (Lipinski definition) is 0. The van der Waals surface area contributed by atoms with Crippen LogP contribution in [0.5, 0.6) is 0 Å². The van der Waals surface area contributed by atoms with E-state index in [4.69, 9.17) is 0 Å². The van der Waals surface area contributed by atoms with Crippen LogP contribution in [-0.4, -0.2) is 5.78 Å². The number of carbonyl (C=O) groups is 1. The normalized spacial score (nSPS) is 44.6. The fourth-order valence-electron chi connectivity index (χ4n) is 2.89. The van der Waals surface area contributed by atoms with Crippen LogP contribution in [0, 0.1) is 10.8 Å². The summed E-state index contributed by atoms with van der Waals surface area (Å²) < 4.78 is 0. The summed E-state index contributed by atoms with van der Waals surface area (Å²) in [4.78, 5) is 11.4. The van der Waals surface area contributed by atoms with E-state index in [9.17, 15) is 4.79 Å². The van der Waals surface area contributed by atoms with Gasteiger partial charge in [-0.1, -0.05) is 32.8 Å². The summed E-state index contributed by atoms with van der Waals surface area (Å²) in [6, 6.07) is 0. The summed E-state index contributed by atoms with van der Waals surface area (Å²) in [7, 11) is 0. The van der Waals surface area contributed by atoms with Crippen molar-refractivity contribution < 1.29 is 4.79 Å². The van der Waals surface area contributed by atoms with Gasteiger partial charge in [0.25, 0.3) is 0 Å². The van der Waals surface area contributed by atoms with E-state index in [0.717, 1.165) is 6.42 Å². The van der Waals surface area contributed by atoms with Crippen molar-refractivity contribution in [2.75, 3.05) is 0 Å². The Morgan fingerprint density at radius 2 is 1.92 bits per heavy atom. The molecule has 2 aliphatic rings. The van der Waals surface area contributed by atoms with Crippen molar-refractivity contribution in [3.63, 3.8) is 0 Å². The van der Waals surface area contributed by atoms with E-state index in [1.807, 2.05) is 0 Å². The first-order chi connectivity index (χ1) is 6.06. The number of hydrogen-bond acceptors (Lipinski definition) is 1. The van der Waals surface area contributed by atoms with Gasteiger partial charge in [-0.15, -0.1) is 0 Å². The summed E-state index contributed by atoms with van der Waals surface area (Å²) in [5, 5.41) is 0. The standard InChI is InChI=1S/C12H18O/c1-11-6-3-4-7-12(11,2)9-10(13)5-8-11/h5,8H,3-4,6-7,9H2,1-2H3/t11-,12+/m1/s1. The molecule has 1 fully saturated rings. The average Bonchev–Trinajstić information content (AvgIpc) is 2.07. The van der Waals surface area contributed by atoms with Crippen molar-refractivity contribution in [1.82, 2.24) is 0 Å². The van der Waals surface area contributed by atoms with Gasteiger partial charge in [-0.3, -0.25) is 4.79 Å². The van der Waals surface area contributed by atoms with Crippen molar-refractivity contribution in [2.45, 2.75) is 46.0 Å². The first-order valence-corrected chi connectivity index (χ1v) is 5.28. The number of fused-ring (bicyclic) bond motifs is 1. The first-order valence-electron chi connectivity index (χ1n) is 5.28. The molecule has 2 rings (SSSR count). The van der Waals surface area contributed by atoms with Crippen LogP contribution in [-0.2, 0) is 4.79 Å². The van der Waals surface area contributed by atoms with Gasteiger partial charge in [-0.25, -0.2) is 0 Å². The Hall–Kier alpha value is -0.590. The van der Waals surface area contributed by atoms with Gasteiger partial charge in [0.15, 0.2) is 5.78 Å². The molecule has 72 valence electrons. The van der Waals surface area contributed by atoms with Crippen LogP contribution in [0.25, 0.3) is 0 Å². The van der Waals surface area contributed by atoms with Gasteiger partial charge in [-0.05, 0) is 29.7 Å². The van der Waals surface area contributed by atoms with Gasteiger partial charge in [0.1, 0.15) is 0 Å². The molecule has 1 nitrogen and oxygen atoms in total. The van der Waals surface area contributed by atoms with Gasteiger partial charge in [-0.2, -0.15) is 0 Å². The third-order valence-electron chi connectivity index (χ3n) is 4.25. The summed E-state index contributed by atoms with van der Waals surface area (Å²) in [6.45, 7) is 4.60. The van der Waals surface area contributed by atoms with Gasteiger partial charge in [0, 0.05) is 6.42 Å². The second-order valence-electron chi connectivity index (χ2n) is 5.16. The fourth-order valence-corrected chi connectivity index (χ4v) is 2.89. The average molecular weight is 178 g/mol. The smallest absolute Gasteiger partial charge is 0.155 e. The minimum atomic E-state index is 0.247. The van der Waals surface area contributed by atoms with Crippen molar-refractivity contribution in [2.24, 2.45) is 10.8 Å². The Morgan fingerprint density at radius 3 is 2.69 bits per heavy atom. The Balaban J connectivity index is 2.36. The molecule has 2 aliphatic carbocycles. The highest BCUT2D eigenvalue weighted by atomic mass is 16.1. The highest BCUT2D eigenvalue weighted by molar-refractivity contribution is 5.91. The molecule has 0 aliphatic heterocycles. The monoisotopic (exact) mass is 178 g/mol. The zero-order valence-corrected chi connectivity index (χ0v) is 8.60. The molecule has 0 amide bonds. The lowest BCUT2D eigenvalue weighted by atomic mass is 9.54. The third-order valence-corrected chi connectivity index (χ3v) is 4.25. The molecule has 0 aromatic carbocycles. The van der Waals surface area contributed by atoms with Crippen molar-refractivity contribution in [1.29, 1.82) is 0 Å². The summed E-state index contributed by atoms with van der Waals surface area (Å²) in [5.74, 6) is 0.321. The van der Waals surface area contributed by atoms with Crippen LogP contribution in [0.3, 0.4) is 0 Å². The summed E-state index contributed by atoms with van der Waals surface area (Å²) >= 11 is 0. The van der Waals surface area contributed by atoms with E-state index in [2.05, 4.69) is 19.9 Å². The van der Waals surface area contributed by atoms with Crippen molar-refractivity contribution in [3.05, 3.63) is 12.2 Å². The largest absolute Gasteiger partial charge is 0.295 e. The quantitative estimate of drug-likeness (QED) is 0.557. The van der Waals surface area contributed by atoms with E-state index in [1.165, 1.54) is 25.7 Å². The lowest BCUT2D eigenvalue weighted by Gasteiger charge is -2.50. The summed E-state index contributed by atoms with van der Waals surface area (Å²) in [5.41, 5.74) is 0.538. The zero-order chi connectivity index (χ0) is 9.53. The lowest BCUT2D eigenvalue weighted by Crippen LogP contribution is -2.42. The molecule has 0 spiro atoms. The van der Waals surface area contributed by atoms with Crippen LogP contribution in [0.2, 0.25) is 0 Å². The van der Waals surface area contributed by atoms with E-state index < -0.39 is 0 Å². The zero-order valence-electron chi connectivity index (χ0n) is 8.60. The van der Waals surface area contributed by atoms with E-state index in [-0.39, 0.29) is 5.41 Å². The highest BCUT2D eigenvalue weighted by Gasteiger charge is 2.47. The molecule has 0 aromatic rings. The molecule has 0 saturated heterocycles. The molecule has 0 radical (unpaired) electrons. The Kier molecular flexibility index (Phi) is 1.86. The molecule has 13 heavy (non-hydrogen) atoms. The SMILES string of the molecule is C[C@@]12CCCC[C@]1(C)C=CC(=O)C2. The molecular formula is C12H18O. The predicted molar refractivity (Wildman–Crippen MR) is 53.4 cm³/mol. The van der Waals surface area contributed by atoms with Crippen molar-refractivity contribution >= 4 is 5.78 Å². The van der Waals surface area contributed by atoms with Crippen molar-refractivity contribution in [3.8, 4) is 0 Å². The van der Waals surface area contributed by atoms with Crippen LogP contribution >= 0.6 is 0 Å². The molecule has 0 unspecified atom stereocenters. The van der Waals surface area contributed by atoms with Gasteiger partial charge in [0.05, 0.1) is 0 Å². The van der Waals surface area contributed by atoms with Crippen LogP contribution in [0.4, 0.5) is 0 Å². The topological polar surface area (TPSA) is 17.1 Å². The predicted octanol–water partition coefficient (Wildman–Crippen LogP) is 3.10. The highest BCUT2D eigenvalue weighted by Crippen LogP contribution is 2.55. The molecule has 2 atom stereocenters. The van der Waals surface area contributed by atoms with Crippen LogP contribution < -0.4 is 0 Å². The maximum Gasteiger partial charge on any atom is 0.155 e. The minimum absolute atomic E-state index is 0.247. The Bertz CT molecular complexity index is 266. The lowest BCUT2D eigenvalue weighted by molar-refractivity contribution is -0.120. The number of ketones is 1. The first kappa shape index (κ1) is 8.98. The van der Waals surface area contributed by atoms with E-state index in [0.29, 0.717) is 11.2 Å². The second-order valence-corrected chi connectivity index (χ2v) is 5.16. The van der Waals surface area contributed by atoms with Gasteiger partial charge >= 0.3 is 0 Å². The number of rotatable bonds is 0. The minimum Gasteiger partial charge on any atom is -0.295 e. The molecule has 0 aromatic heterocycles. The summed E-state index contributed by atoms with van der Waals surface area (Å²) in [6.07, 6.45) is 9.83. The second kappa shape index (κ2) is 2.70. The maximum atomic E-state index is 11.4. The van der Waals surface area contributed by atoms with Gasteiger partial charge < -0.3 is 0 Å². The third kappa shape index (κ3) is 1.25. The van der Waals surface area contributed by atoms with E-state index in [1.54, 1.807) is 6.08 Å². The number of allylic oxidation sites excluding steroid dienone is 2. The number of carbonyl (C=O) groups excluding carboxylic acids is 1. The van der Waals surface area contributed by atoms with Crippen LogP contribution in [0.15, 0.2) is 12.2 Å². The van der Waals surface area contributed by atoms with Crippen LogP contribution in [0.1, 0.15) is 46.0 Å². The molecule has 0 heterocycles. The van der Waals surface area contributed by atoms with E-state index >= 15 is 0 Å². The molecule has 1 saturated carbocycles. The molecule has 1 heteroatoms. The maximum absolute atomic E-state index is 11.4. The Labute approximate surface area is 80.2 Å². The molecule has 0 bridgehead atoms. The molecular weight excluding hydrogens is 160 g/mol. The Morgan fingerprint density at radius 1 is 1.23 bits per heavy atom. The van der Waals surface area contributed by atoms with Gasteiger partial charge in [0.2, 0.25) is 0 Å².